The van der Waals surface area contributed by atoms with Crippen molar-refractivity contribution in [2.24, 2.45) is 0 Å². The van der Waals surface area contributed by atoms with E-state index in [2.05, 4.69) is 28.1 Å². The van der Waals surface area contributed by atoms with Gasteiger partial charge >= 0.3 is 0 Å². The average molecular weight is 351 g/mol. The summed E-state index contributed by atoms with van der Waals surface area (Å²) in [6, 6.07) is 14.1. The van der Waals surface area contributed by atoms with E-state index in [0.29, 0.717) is 0 Å². The Morgan fingerprint density at radius 1 is 0.857 bits per heavy atom. The van der Waals surface area contributed by atoms with Crippen molar-refractivity contribution in [3.8, 4) is 17.2 Å². The molecule has 2 rings (SSSR count). The van der Waals surface area contributed by atoms with Crippen LogP contribution in [-0.2, 0) is 6.42 Å². The molecule has 0 N–H and O–H groups in total. The summed E-state index contributed by atoms with van der Waals surface area (Å²) in [7, 11) is 4.96. The lowest BCUT2D eigenvalue weighted by Gasteiger charge is -2.14. The van der Waals surface area contributed by atoms with E-state index < -0.39 is 0 Å². The van der Waals surface area contributed by atoms with Crippen molar-refractivity contribution in [1.29, 1.82) is 0 Å². The van der Waals surface area contributed by atoms with E-state index in [1.54, 1.807) is 21.3 Å². The van der Waals surface area contributed by atoms with Gasteiger partial charge in [-0.25, -0.2) is 0 Å². The third kappa shape index (κ3) is 3.91. The number of methoxy groups -OCH3 is 3. The first-order chi connectivity index (χ1) is 10.2. The lowest BCUT2D eigenvalue weighted by atomic mass is 10.0. The summed E-state index contributed by atoms with van der Waals surface area (Å²) < 4.78 is 15.8. The fourth-order valence-corrected chi connectivity index (χ4v) is 2.79. The molecule has 0 fully saturated rings. The van der Waals surface area contributed by atoms with Gasteiger partial charge in [-0.1, -0.05) is 34.1 Å². The van der Waals surface area contributed by atoms with Crippen molar-refractivity contribution < 1.29 is 14.2 Å². The van der Waals surface area contributed by atoms with Gasteiger partial charge in [-0.2, -0.15) is 0 Å². The van der Waals surface area contributed by atoms with Crippen LogP contribution in [0.5, 0.6) is 17.2 Å². The first-order valence-electron chi connectivity index (χ1n) is 6.67. The smallest absolute Gasteiger partial charge is 0.161 e. The number of hydrogen-bond donors (Lipinski definition) is 0. The summed E-state index contributed by atoms with van der Waals surface area (Å²) in [5.74, 6) is 2.36. The Labute approximate surface area is 134 Å². The van der Waals surface area contributed by atoms with Gasteiger partial charge in [0.25, 0.3) is 0 Å². The van der Waals surface area contributed by atoms with Crippen molar-refractivity contribution in [2.75, 3.05) is 21.3 Å². The fourth-order valence-electron chi connectivity index (χ4n) is 2.13. The highest BCUT2D eigenvalue weighted by Gasteiger charge is 2.12. The van der Waals surface area contributed by atoms with Crippen LogP contribution in [0.3, 0.4) is 0 Å². The lowest BCUT2D eigenvalue weighted by Crippen LogP contribution is -1.98. The molecule has 0 heterocycles. The van der Waals surface area contributed by atoms with Crippen molar-refractivity contribution in [3.05, 3.63) is 53.6 Å². The first-order valence-corrected chi connectivity index (χ1v) is 7.58. The van der Waals surface area contributed by atoms with Crippen molar-refractivity contribution in [3.63, 3.8) is 0 Å². The number of rotatable bonds is 6. The summed E-state index contributed by atoms with van der Waals surface area (Å²) in [5, 5.41) is 0. The van der Waals surface area contributed by atoms with E-state index in [1.807, 2.05) is 30.3 Å². The predicted molar refractivity (Wildman–Crippen MR) is 87.9 cm³/mol. The summed E-state index contributed by atoms with van der Waals surface area (Å²) in [5.41, 5.74) is 2.40. The molecule has 0 aliphatic rings. The maximum absolute atomic E-state index is 5.35. The quantitative estimate of drug-likeness (QED) is 0.723. The summed E-state index contributed by atoms with van der Waals surface area (Å²) in [6.07, 6.45) is 0.888. The second-order valence-corrected chi connectivity index (χ2v) is 5.74. The zero-order valence-corrected chi connectivity index (χ0v) is 14.0. The zero-order valence-electron chi connectivity index (χ0n) is 12.4. The third-order valence-corrected chi connectivity index (χ3v) is 4.20. The monoisotopic (exact) mass is 350 g/mol. The molecule has 112 valence electrons. The highest BCUT2D eigenvalue weighted by molar-refractivity contribution is 9.09. The molecule has 0 bridgehead atoms. The topological polar surface area (TPSA) is 27.7 Å². The van der Waals surface area contributed by atoms with Gasteiger partial charge < -0.3 is 14.2 Å². The molecular weight excluding hydrogens is 332 g/mol. The Kier molecular flexibility index (Phi) is 5.51. The average Bonchev–Trinajstić information content (AvgIpc) is 2.54. The van der Waals surface area contributed by atoms with Crippen LogP contribution in [-0.4, -0.2) is 21.3 Å². The summed E-state index contributed by atoms with van der Waals surface area (Å²) in [4.78, 5) is 0.214. The van der Waals surface area contributed by atoms with E-state index in [9.17, 15) is 0 Å². The lowest BCUT2D eigenvalue weighted by molar-refractivity contribution is 0.354. The van der Waals surface area contributed by atoms with Gasteiger partial charge in [0.15, 0.2) is 11.5 Å². The van der Waals surface area contributed by atoms with Crippen LogP contribution in [0.25, 0.3) is 0 Å². The van der Waals surface area contributed by atoms with Gasteiger partial charge in [0, 0.05) is 4.83 Å². The molecule has 2 aromatic carbocycles. The Hall–Kier alpha value is -1.68. The van der Waals surface area contributed by atoms with Gasteiger partial charge in [0.05, 0.1) is 21.3 Å². The van der Waals surface area contributed by atoms with Crippen molar-refractivity contribution in [1.82, 2.24) is 0 Å². The van der Waals surface area contributed by atoms with E-state index in [0.717, 1.165) is 29.2 Å². The first kappa shape index (κ1) is 15.7. The Balaban J connectivity index is 2.13. The molecule has 1 atom stereocenters. The minimum absolute atomic E-state index is 0.214. The molecule has 4 heteroatoms. The second kappa shape index (κ2) is 7.36. The van der Waals surface area contributed by atoms with Crippen LogP contribution in [0.2, 0.25) is 0 Å². The molecule has 0 aromatic heterocycles. The molecule has 0 amide bonds. The van der Waals surface area contributed by atoms with Crippen molar-refractivity contribution in [2.45, 2.75) is 11.2 Å². The summed E-state index contributed by atoms with van der Waals surface area (Å²) in [6.45, 7) is 0. The molecule has 0 spiro atoms. The highest BCUT2D eigenvalue weighted by atomic mass is 79.9. The maximum Gasteiger partial charge on any atom is 0.161 e. The summed E-state index contributed by atoms with van der Waals surface area (Å²) >= 11 is 3.74. The van der Waals surface area contributed by atoms with E-state index in [1.165, 1.54) is 5.56 Å². The SMILES string of the molecule is COc1ccc(CC(Br)c2ccc(OC)c(OC)c2)cc1. The molecule has 0 saturated carbocycles. The van der Waals surface area contributed by atoms with Crippen LogP contribution in [0, 0.1) is 0 Å². The Morgan fingerprint density at radius 3 is 2.10 bits per heavy atom. The van der Waals surface area contributed by atoms with Crippen LogP contribution < -0.4 is 14.2 Å². The number of ether oxygens (including phenoxy) is 3. The van der Waals surface area contributed by atoms with Crippen LogP contribution >= 0.6 is 15.9 Å². The Morgan fingerprint density at radius 2 is 1.52 bits per heavy atom. The molecule has 21 heavy (non-hydrogen) atoms. The Bertz CT molecular complexity index is 581. The molecule has 0 radical (unpaired) electrons. The van der Waals surface area contributed by atoms with Gasteiger partial charge in [-0.15, -0.1) is 0 Å². The van der Waals surface area contributed by atoms with E-state index in [-0.39, 0.29) is 4.83 Å². The minimum Gasteiger partial charge on any atom is -0.497 e. The number of hydrogen-bond acceptors (Lipinski definition) is 3. The number of halogens is 1. The third-order valence-electron chi connectivity index (χ3n) is 3.34. The standard InChI is InChI=1S/C17H19BrO3/c1-19-14-7-4-12(5-8-14)10-15(18)13-6-9-16(20-2)17(11-13)21-3/h4-9,11,15H,10H2,1-3H3. The van der Waals surface area contributed by atoms with Crippen LogP contribution in [0.4, 0.5) is 0 Å². The predicted octanol–water partition coefficient (Wildman–Crippen LogP) is 4.39. The molecule has 3 nitrogen and oxygen atoms in total. The van der Waals surface area contributed by atoms with Crippen LogP contribution in [0.1, 0.15) is 16.0 Å². The van der Waals surface area contributed by atoms with Gasteiger partial charge in [-0.3, -0.25) is 0 Å². The number of benzene rings is 2. The van der Waals surface area contributed by atoms with Gasteiger partial charge in [0.2, 0.25) is 0 Å². The van der Waals surface area contributed by atoms with Crippen molar-refractivity contribution >= 4 is 15.9 Å². The maximum atomic E-state index is 5.35. The van der Waals surface area contributed by atoms with E-state index >= 15 is 0 Å². The number of alkyl halides is 1. The van der Waals surface area contributed by atoms with Crippen LogP contribution in [0.15, 0.2) is 42.5 Å². The molecule has 0 aliphatic heterocycles. The molecule has 0 aliphatic carbocycles. The molecule has 1 unspecified atom stereocenters. The molecule has 0 saturated heterocycles. The largest absolute Gasteiger partial charge is 0.497 e. The fraction of sp³-hybridized carbons (Fsp3) is 0.294. The zero-order chi connectivity index (χ0) is 15.2. The highest BCUT2D eigenvalue weighted by Crippen LogP contribution is 2.34. The second-order valence-electron chi connectivity index (χ2n) is 4.63. The van der Waals surface area contributed by atoms with E-state index in [4.69, 9.17) is 14.2 Å². The van der Waals surface area contributed by atoms with Gasteiger partial charge in [0.1, 0.15) is 5.75 Å². The molecule has 2 aromatic rings. The normalized spacial score (nSPS) is 11.8. The van der Waals surface area contributed by atoms with Gasteiger partial charge in [-0.05, 0) is 41.8 Å². The molecular formula is C17H19BrO3. The minimum atomic E-state index is 0.214.